The summed E-state index contributed by atoms with van der Waals surface area (Å²) in [7, 11) is 1.57. The number of aryl methyl sites for hydroxylation is 1. The van der Waals surface area contributed by atoms with Crippen molar-refractivity contribution in [2.75, 3.05) is 38.3 Å². The van der Waals surface area contributed by atoms with E-state index in [1.807, 2.05) is 12.1 Å². The van der Waals surface area contributed by atoms with Crippen LogP contribution in [0.1, 0.15) is 37.8 Å². The third-order valence-corrected chi connectivity index (χ3v) is 6.00. The molecule has 1 atom stereocenters. The van der Waals surface area contributed by atoms with Crippen LogP contribution in [0.15, 0.2) is 54.2 Å². The van der Waals surface area contributed by atoms with Crippen LogP contribution in [0.25, 0.3) is 0 Å². The fraction of sp³-hybridized carbons (Fsp3) is 0.423. The van der Waals surface area contributed by atoms with Gasteiger partial charge in [0.1, 0.15) is 6.61 Å². The van der Waals surface area contributed by atoms with Crippen LogP contribution in [0.3, 0.4) is 0 Å². The zero-order valence-corrected chi connectivity index (χ0v) is 19.3. The van der Waals surface area contributed by atoms with Crippen LogP contribution >= 0.6 is 0 Å². The number of hydrogen-bond donors (Lipinski definition) is 1. The van der Waals surface area contributed by atoms with Crippen molar-refractivity contribution in [1.29, 1.82) is 0 Å². The number of ether oxygens (including phenoxy) is 2. The van der Waals surface area contributed by atoms with Gasteiger partial charge in [-0.1, -0.05) is 31.2 Å². The Morgan fingerprint density at radius 2 is 1.94 bits per heavy atom. The summed E-state index contributed by atoms with van der Waals surface area (Å²) in [5.74, 6) is 1.32. The molecule has 2 aliphatic rings. The first-order valence-electron chi connectivity index (χ1n) is 11.2. The molecular weight excluding hydrogens is 404 g/mol. The highest BCUT2D eigenvalue weighted by Crippen LogP contribution is 2.36. The van der Waals surface area contributed by atoms with Gasteiger partial charge in [0.2, 0.25) is 0 Å². The van der Waals surface area contributed by atoms with E-state index >= 15 is 0 Å². The number of carbonyl (C=O) groups is 1. The van der Waals surface area contributed by atoms with E-state index < -0.39 is 5.60 Å². The number of benzene rings is 2. The number of aliphatic hydroxyl groups is 1. The monoisotopic (exact) mass is 436 g/mol. The molecule has 2 aromatic rings. The van der Waals surface area contributed by atoms with Gasteiger partial charge in [0.15, 0.2) is 11.5 Å². The van der Waals surface area contributed by atoms with Crippen LogP contribution in [-0.2, 0) is 11.2 Å². The highest BCUT2D eigenvalue weighted by atomic mass is 16.5. The van der Waals surface area contributed by atoms with Gasteiger partial charge in [0.05, 0.1) is 18.4 Å². The molecule has 32 heavy (non-hydrogen) atoms. The zero-order chi connectivity index (χ0) is 22.9. The quantitative estimate of drug-likeness (QED) is 0.717. The van der Waals surface area contributed by atoms with Crippen LogP contribution in [0, 0.1) is 0 Å². The molecule has 0 radical (unpaired) electrons. The second-order valence-corrected chi connectivity index (χ2v) is 9.10. The van der Waals surface area contributed by atoms with Crippen molar-refractivity contribution in [3.8, 4) is 11.5 Å². The molecule has 170 valence electrons. The van der Waals surface area contributed by atoms with Gasteiger partial charge in [0.25, 0.3) is 5.91 Å². The van der Waals surface area contributed by atoms with Crippen molar-refractivity contribution in [3.05, 3.63) is 65.4 Å². The smallest absolute Gasteiger partial charge is 0.274 e. The average molecular weight is 437 g/mol. The molecule has 2 aliphatic heterocycles. The molecule has 6 heteroatoms. The van der Waals surface area contributed by atoms with Crippen LogP contribution in [-0.4, -0.2) is 54.9 Å². The Hall–Kier alpha value is -2.99. The number of fused-ring (bicyclic) bond motifs is 1. The fourth-order valence-corrected chi connectivity index (χ4v) is 4.25. The Morgan fingerprint density at radius 3 is 2.66 bits per heavy atom. The number of hydrogen-bond acceptors (Lipinski definition) is 5. The van der Waals surface area contributed by atoms with Gasteiger partial charge in [-0.25, -0.2) is 0 Å². The lowest BCUT2D eigenvalue weighted by atomic mass is 9.97. The number of amides is 1. The summed E-state index contributed by atoms with van der Waals surface area (Å²) in [6.45, 7) is 7.93. The molecule has 6 nitrogen and oxygen atoms in total. The lowest BCUT2D eigenvalue weighted by Gasteiger charge is -2.35. The van der Waals surface area contributed by atoms with Gasteiger partial charge in [-0.05, 0) is 49.6 Å². The summed E-state index contributed by atoms with van der Waals surface area (Å²) >= 11 is 0. The second kappa shape index (κ2) is 8.87. The van der Waals surface area contributed by atoms with Gasteiger partial charge >= 0.3 is 0 Å². The molecular formula is C26H32N2O4. The summed E-state index contributed by atoms with van der Waals surface area (Å²) in [4.78, 5) is 17.4. The molecule has 1 saturated heterocycles. The minimum atomic E-state index is -0.946. The molecule has 0 aromatic heterocycles. The Balaban J connectivity index is 1.54. The van der Waals surface area contributed by atoms with Crippen LogP contribution in [0.5, 0.6) is 11.5 Å². The normalized spacial score (nSPS) is 18.5. The van der Waals surface area contributed by atoms with Crippen LogP contribution in [0.4, 0.5) is 5.69 Å². The molecule has 4 rings (SSSR count). The predicted octanol–water partition coefficient (Wildman–Crippen LogP) is 3.74. The van der Waals surface area contributed by atoms with E-state index in [1.54, 1.807) is 31.9 Å². The van der Waals surface area contributed by atoms with Gasteiger partial charge in [-0.15, -0.1) is 0 Å². The molecule has 0 aliphatic carbocycles. The Labute approximate surface area is 190 Å². The number of carbonyl (C=O) groups excluding carboxylic acids is 1. The SMILES string of the molecule is CCc1cccc(C2C=C3C(=O)N(c4ccc(OCC(C)(C)O)c(OC)c4)CCN3C2)c1. The maximum Gasteiger partial charge on any atom is 0.274 e. The van der Waals surface area contributed by atoms with Crippen molar-refractivity contribution in [1.82, 2.24) is 4.90 Å². The molecule has 0 spiro atoms. The van der Waals surface area contributed by atoms with Crippen molar-refractivity contribution >= 4 is 11.6 Å². The van der Waals surface area contributed by atoms with E-state index in [-0.39, 0.29) is 18.4 Å². The Morgan fingerprint density at radius 1 is 1.12 bits per heavy atom. The van der Waals surface area contributed by atoms with E-state index in [4.69, 9.17) is 9.47 Å². The van der Waals surface area contributed by atoms with E-state index in [9.17, 15) is 9.90 Å². The zero-order valence-electron chi connectivity index (χ0n) is 19.3. The summed E-state index contributed by atoms with van der Waals surface area (Å²) in [6.07, 6.45) is 3.12. The summed E-state index contributed by atoms with van der Waals surface area (Å²) in [5, 5.41) is 9.93. The average Bonchev–Trinajstić information content (AvgIpc) is 3.23. The molecule has 1 fully saturated rings. The molecule has 0 saturated carbocycles. The van der Waals surface area contributed by atoms with E-state index in [2.05, 4.69) is 42.2 Å². The number of piperazine rings is 1. The summed E-state index contributed by atoms with van der Waals surface area (Å²) < 4.78 is 11.2. The second-order valence-electron chi connectivity index (χ2n) is 9.10. The van der Waals surface area contributed by atoms with Gasteiger partial charge in [-0.2, -0.15) is 0 Å². The van der Waals surface area contributed by atoms with Crippen molar-refractivity contribution in [2.24, 2.45) is 0 Å². The van der Waals surface area contributed by atoms with Gasteiger partial charge in [-0.3, -0.25) is 4.79 Å². The summed E-state index contributed by atoms with van der Waals surface area (Å²) in [6, 6.07) is 14.1. The minimum absolute atomic E-state index is 0.0117. The molecule has 1 N–H and O–H groups in total. The maximum atomic E-state index is 13.4. The van der Waals surface area contributed by atoms with Crippen molar-refractivity contribution < 1.29 is 19.4 Å². The van der Waals surface area contributed by atoms with E-state index in [1.165, 1.54) is 11.1 Å². The largest absolute Gasteiger partial charge is 0.493 e. The number of rotatable bonds is 7. The van der Waals surface area contributed by atoms with E-state index in [0.29, 0.717) is 18.0 Å². The maximum absolute atomic E-state index is 13.4. The number of methoxy groups -OCH3 is 1. The summed E-state index contributed by atoms with van der Waals surface area (Å²) in [5.41, 5.74) is 3.18. The molecule has 1 amide bonds. The first kappa shape index (κ1) is 22.2. The highest BCUT2D eigenvalue weighted by molar-refractivity contribution is 6.06. The third-order valence-electron chi connectivity index (χ3n) is 6.00. The highest BCUT2D eigenvalue weighted by Gasteiger charge is 2.36. The van der Waals surface area contributed by atoms with Crippen molar-refractivity contribution in [2.45, 2.75) is 38.7 Å². The first-order valence-corrected chi connectivity index (χ1v) is 11.2. The first-order chi connectivity index (χ1) is 15.3. The lowest BCUT2D eigenvalue weighted by Crippen LogP contribution is -2.47. The topological polar surface area (TPSA) is 62.2 Å². The van der Waals surface area contributed by atoms with Crippen LogP contribution in [0.2, 0.25) is 0 Å². The van der Waals surface area contributed by atoms with Crippen LogP contribution < -0.4 is 14.4 Å². The Kier molecular flexibility index (Phi) is 6.15. The lowest BCUT2D eigenvalue weighted by molar-refractivity contribution is -0.117. The molecule has 0 bridgehead atoms. The van der Waals surface area contributed by atoms with Crippen molar-refractivity contribution in [3.63, 3.8) is 0 Å². The van der Waals surface area contributed by atoms with Gasteiger partial charge < -0.3 is 24.4 Å². The molecule has 1 unspecified atom stereocenters. The molecule has 2 aromatic carbocycles. The fourth-order valence-electron chi connectivity index (χ4n) is 4.25. The third kappa shape index (κ3) is 4.60. The Bertz CT molecular complexity index is 1020. The standard InChI is InChI=1S/C26H32N2O4/c1-5-18-7-6-8-19(13-18)20-14-22-25(29)28(12-11-27(22)16-20)21-9-10-23(24(15-21)31-4)32-17-26(2,3)30/h6-10,13-15,20,30H,5,11-12,16-17H2,1-4H3. The molecule has 2 heterocycles. The minimum Gasteiger partial charge on any atom is -0.493 e. The predicted molar refractivity (Wildman–Crippen MR) is 125 cm³/mol. The van der Waals surface area contributed by atoms with E-state index in [0.717, 1.165) is 30.9 Å². The number of anilines is 1. The van der Waals surface area contributed by atoms with Gasteiger partial charge in [0, 0.05) is 37.3 Å². The number of nitrogens with zero attached hydrogens (tertiary/aromatic N) is 2.